The molecular formula is C23H32IN5O3. The third-order valence-corrected chi connectivity index (χ3v) is 4.44. The highest BCUT2D eigenvalue weighted by atomic mass is 127. The number of nitrogens with one attached hydrogen (secondary N) is 3. The topological polar surface area (TPSA) is 95.1 Å². The van der Waals surface area contributed by atoms with Gasteiger partial charge in [0.25, 0.3) is 5.91 Å². The van der Waals surface area contributed by atoms with Gasteiger partial charge < -0.3 is 20.3 Å². The first-order chi connectivity index (χ1) is 14.9. The van der Waals surface area contributed by atoms with Crippen molar-refractivity contribution in [1.29, 1.82) is 0 Å². The average Bonchev–Trinajstić information content (AvgIpc) is 2.78. The maximum atomic E-state index is 12.1. The van der Waals surface area contributed by atoms with Crippen LogP contribution in [0, 0.1) is 0 Å². The second-order valence-electron chi connectivity index (χ2n) is 7.09. The molecule has 3 N–H and O–H groups in total. The molecule has 2 aromatic carbocycles. The maximum absolute atomic E-state index is 12.1. The molecule has 2 rings (SSSR count). The smallest absolute Gasteiger partial charge is 0.411 e. The number of carbonyl (C=O) groups excluding carboxylic acids is 2. The zero-order valence-electron chi connectivity index (χ0n) is 19.0. The third-order valence-electron chi connectivity index (χ3n) is 4.44. The Kier molecular flexibility index (Phi) is 12.1. The molecule has 0 aromatic heterocycles. The second-order valence-corrected chi connectivity index (χ2v) is 7.09. The third kappa shape index (κ3) is 9.13. The quantitative estimate of drug-likeness (QED) is 0.265. The molecule has 0 heterocycles. The van der Waals surface area contributed by atoms with Crippen LogP contribution in [0.2, 0.25) is 0 Å². The minimum absolute atomic E-state index is 0. The van der Waals surface area contributed by atoms with Gasteiger partial charge in [0.1, 0.15) is 0 Å². The maximum Gasteiger partial charge on any atom is 0.411 e. The molecule has 0 atom stereocenters. The fourth-order valence-electron chi connectivity index (χ4n) is 2.82. The summed E-state index contributed by atoms with van der Waals surface area (Å²) in [7, 11) is 4.82. The van der Waals surface area contributed by atoms with E-state index in [2.05, 4.69) is 25.7 Å². The lowest BCUT2D eigenvalue weighted by atomic mass is 10.1. The number of ether oxygens (including phenoxy) is 1. The van der Waals surface area contributed by atoms with Gasteiger partial charge >= 0.3 is 6.09 Å². The molecule has 0 aliphatic carbocycles. The van der Waals surface area contributed by atoms with Crippen LogP contribution in [-0.2, 0) is 17.7 Å². The van der Waals surface area contributed by atoms with Crippen LogP contribution >= 0.6 is 24.0 Å². The van der Waals surface area contributed by atoms with Gasteiger partial charge in [-0.05, 0) is 48.7 Å². The molecule has 0 aliphatic heterocycles. The number of amides is 2. The van der Waals surface area contributed by atoms with Crippen LogP contribution in [0.1, 0.15) is 28.4 Å². The SMILES string of the molecule is CCNC(=NCc1ccc(NC(=O)OC)cc1)NCCc1cccc(C(=O)N(C)C)c1.I. The predicted octanol–water partition coefficient (Wildman–Crippen LogP) is 3.48. The Morgan fingerprint density at radius 1 is 1.03 bits per heavy atom. The fraction of sp³-hybridized carbons (Fsp3) is 0.348. The molecule has 0 fully saturated rings. The van der Waals surface area contributed by atoms with Gasteiger partial charge in [-0.15, -0.1) is 24.0 Å². The summed E-state index contributed by atoms with van der Waals surface area (Å²) in [5.74, 6) is 0.720. The summed E-state index contributed by atoms with van der Waals surface area (Å²) in [6.07, 6.45) is 0.272. The first-order valence-electron chi connectivity index (χ1n) is 10.2. The minimum atomic E-state index is -0.499. The first kappa shape index (κ1) is 27.2. The second kappa shape index (κ2) is 14.3. The average molecular weight is 553 g/mol. The molecule has 2 aromatic rings. The van der Waals surface area contributed by atoms with E-state index in [1.54, 1.807) is 19.0 Å². The van der Waals surface area contributed by atoms with Gasteiger partial charge in [0, 0.05) is 38.4 Å². The zero-order valence-corrected chi connectivity index (χ0v) is 21.3. The monoisotopic (exact) mass is 553 g/mol. The minimum Gasteiger partial charge on any atom is -0.453 e. The lowest BCUT2D eigenvalue weighted by Gasteiger charge is -2.13. The van der Waals surface area contributed by atoms with Crippen LogP contribution in [0.5, 0.6) is 0 Å². The van der Waals surface area contributed by atoms with E-state index >= 15 is 0 Å². The van der Waals surface area contributed by atoms with Gasteiger partial charge in [-0.3, -0.25) is 10.1 Å². The molecule has 0 spiro atoms. The van der Waals surface area contributed by atoms with Crippen molar-refractivity contribution in [3.8, 4) is 0 Å². The largest absolute Gasteiger partial charge is 0.453 e. The van der Waals surface area contributed by atoms with Crippen molar-refractivity contribution < 1.29 is 14.3 Å². The molecule has 0 bridgehead atoms. The number of hydrogen-bond acceptors (Lipinski definition) is 4. The molecule has 0 unspecified atom stereocenters. The van der Waals surface area contributed by atoms with E-state index in [1.165, 1.54) is 7.11 Å². The highest BCUT2D eigenvalue weighted by molar-refractivity contribution is 14.0. The van der Waals surface area contributed by atoms with Gasteiger partial charge in [0.2, 0.25) is 0 Å². The zero-order chi connectivity index (χ0) is 22.6. The number of carbonyl (C=O) groups is 2. The number of aliphatic imine (C=N–C) groups is 1. The standard InChI is InChI=1S/C23H31N5O3.HI/c1-5-24-22(26-16-18-9-11-20(12-10-18)27-23(30)31-4)25-14-13-17-7-6-8-19(15-17)21(29)28(2)3;/h6-12,15H,5,13-14,16H2,1-4H3,(H,27,30)(H2,24,25,26);1H. The Balaban J connectivity index is 0.00000512. The van der Waals surface area contributed by atoms with Crippen molar-refractivity contribution in [3.63, 3.8) is 0 Å². The Hall–Kier alpha value is -2.82. The number of nitrogens with zero attached hydrogens (tertiary/aromatic N) is 2. The Morgan fingerprint density at radius 2 is 1.75 bits per heavy atom. The van der Waals surface area contributed by atoms with Crippen molar-refractivity contribution in [1.82, 2.24) is 15.5 Å². The lowest BCUT2D eigenvalue weighted by Crippen LogP contribution is -2.38. The van der Waals surface area contributed by atoms with E-state index in [-0.39, 0.29) is 29.9 Å². The summed E-state index contributed by atoms with van der Waals surface area (Å²) in [5.41, 5.74) is 3.46. The number of guanidine groups is 1. The van der Waals surface area contributed by atoms with Crippen LogP contribution in [0.4, 0.5) is 10.5 Å². The molecule has 2 amide bonds. The van der Waals surface area contributed by atoms with E-state index in [0.717, 1.165) is 30.1 Å². The number of hydrogen-bond donors (Lipinski definition) is 3. The van der Waals surface area contributed by atoms with Gasteiger partial charge in [-0.25, -0.2) is 9.79 Å². The number of rotatable bonds is 8. The van der Waals surface area contributed by atoms with Crippen LogP contribution in [0.25, 0.3) is 0 Å². The predicted molar refractivity (Wildman–Crippen MR) is 139 cm³/mol. The first-order valence-corrected chi connectivity index (χ1v) is 10.2. The Labute approximate surface area is 206 Å². The van der Waals surface area contributed by atoms with Crippen LogP contribution in [-0.4, -0.2) is 57.2 Å². The van der Waals surface area contributed by atoms with Crippen molar-refractivity contribution >= 4 is 47.6 Å². The summed E-state index contributed by atoms with van der Waals surface area (Å²) in [6, 6.07) is 15.1. The van der Waals surface area contributed by atoms with Crippen molar-refractivity contribution in [3.05, 3.63) is 65.2 Å². The molecular weight excluding hydrogens is 521 g/mol. The summed E-state index contributed by atoms with van der Waals surface area (Å²) in [4.78, 5) is 29.6. The van der Waals surface area contributed by atoms with Gasteiger partial charge in [-0.2, -0.15) is 0 Å². The van der Waals surface area contributed by atoms with E-state index in [9.17, 15) is 9.59 Å². The normalized spacial score (nSPS) is 10.6. The van der Waals surface area contributed by atoms with Crippen LogP contribution in [0.15, 0.2) is 53.5 Å². The summed E-state index contributed by atoms with van der Waals surface area (Å²) in [6.45, 7) is 3.95. The van der Waals surface area contributed by atoms with Crippen molar-refractivity contribution in [2.24, 2.45) is 4.99 Å². The summed E-state index contributed by atoms with van der Waals surface area (Å²) >= 11 is 0. The van der Waals surface area contributed by atoms with Gasteiger partial charge in [0.15, 0.2) is 5.96 Å². The highest BCUT2D eigenvalue weighted by Gasteiger charge is 2.08. The van der Waals surface area contributed by atoms with Crippen molar-refractivity contribution in [2.75, 3.05) is 39.6 Å². The summed E-state index contributed by atoms with van der Waals surface area (Å²) in [5, 5.41) is 9.18. The molecule has 0 radical (unpaired) electrons. The van der Waals surface area contributed by atoms with Crippen molar-refractivity contribution in [2.45, 2.75) is 19.9 Å². The Bertz CT molecular complexity index is 901. The molecule has 174 valence electrons. The molecule has 0 aliphatic rings. The molecule has 9 heteroatoms. The lowest BCUT2D eigenvalue weighted by molar-refractivity contribution is 0.0827. The Morgan fingerprint density at radius 3 is 2.38 bits per heavy atom. The number of benzene rings is 2. The van der Waals surface area contributed by atoms with E-state index in [1.807, 2.05) is 55.5 Å². The number of methoxy groups -OCH3 is 1. The number of anilines is 1. The van der Waals surface area contributed by atoms with Crippen LogP contribution in [0.3, 0.4) is 0 Å². The van der Waals surface area contributed by atoms with E-state index < -0.39 is 6.09 Å². The van der Waals surface area contributed by atoms with E-state index in [0.29, 0.717) is 24.3 Å². The molecule has 8 nitrogen and oxygen atoms in total. The molecule has 0 saturated heterocycles. The van der Waals surface area contributed by atoms with Gasteiger partial charge in [0.05, 0.1) is 13.7 Å². The van der Waals surface area contributed by atoms with Gasteiger partial charge in [-0.1, -0.05) is 24.3 Å². The fourth-order valence-corrected chi connectivity index (χ4v) is 2.82. The highest BCUT2D eigenvalue weighted by Crippen LogP contribution is 2.11. The molecule has 32 heavy (non-hydrogen) atoms. The van der Waals surface area contributed by atoms with Crippen LogP contribution < -0.4 is 16.0 Å². The number of halogens is 1. The molecule has 0 saturated carbocycles. The van der Waals surface area contributed by atoms with E-state index in [4.69, 9.17) is 0 Å². The summed E-state index contributed by atoms with van der Waals surface area (Å²) < 4.78 is 4.58.